The van der Waals surface area contributed by atoms with Gasteiger partial charge in [-0.3, -0.25) is 0 Å². The Morgan fingerprint density at radius 3 is 2.50 bits per heavy atom. The van der Waals surface area contributed by atoms with E-state index in [0.717, 1.165) is 0 Å². The van der Waals surface area contributed by atoms with Crippen LogP contribution in [0.2, 0.25) is 0 Å². The minimum atomic E-state index is -0.433. The van der Waals surface area contributed by atoms with Gasteiger partial charge in [-0.25, -0.2) is 5.90 Å². The molecule has 0 aliphatic carbocycles. The highest BCUT2D eigenvalue weighted by Gasteiger charge is 2.02. The molecule has 0 aromatic rings. The molecule has 12 heavy (non-hydrogen) atoms. The molecule has 0 heterocycles. The van der Waals surface area contributed by atoms with Gasteiger partial charge in [0, 0.05) is 11.5 Å². The second kappa shape index (κ2) is 5.00. The molecule has 0 fully saturated rings. The standard InChI is InChI=1S/C8H17NO3/c1-8(2,3)12-7(10)5-4-6-11-9/h5,10H,4,6,9H2,1-3H3/p-1. The SMILES string of the molecule is CC(C)(C)OC([O-])=CCCON. The zero-order chi connectivity index (χ0) is 9.61. The summed E-state index contributed by atoms with van der Waals surface area (Å²) in [5.41, 5.74) is -0.433. The molecule has 4 heteroatoms. The van der Waals surface area contributed by atoms with E-state index in [0.29, 0.717) is 13.0 Å². The molecule has 0 amide bonds. The number of hydrogen-bond donors (Lipinski definition) is 1. The van der Waals surface area contributed by atoms with Crippen LogP contribution in [-0.4, -0.2) is 12.2 Å². The highest BCUT2D eigenvalue weighted by Crippen LogP contribution is 2.09. The summed E-state index contributed by atoms with van der Waals surface area (Å²) >= 11 is 0. The first-order chi connectivity index (χ1) is 5.45. The van der Waals surface area contributed by atoms with Crippen LogP contribution in [0, 0.1) is 0 Å². The van der Waals surface area contributed by atoms with Gasteiger partial charge in [0.1, 0.15) is 0 Å². The molecule has 4 nitrogen and oxygen atoms in total. The predicted octanol–water partition coefficient (Wildman–Crippen LogP) is 0.284. The first-order valence-corrected chi connectivity index (χ1v) is 3.83. The predicted molar refractivity (Wildman–Crippen MR) is 43.7 cm³/mol. The van der Waals surface area contributed by atoms with Crippen LogP contribution in [0.3, 0.4) is 0 Å². The minimum absolute atomic E-state index is 0.333. The summed E-state index contributed by atoms with van der Waals surface area (Å²) in [6, 6.07) is 0. The molecule has 0 radical (unpaired) electrons. The maximum absolute atomic E-state index is 11.0. The Morgan fingerprint density at radius 1 is 1.50 bits per heavy atom. The summed E-state index contributed by atoms with van der Waals surface area (Å²) in [5.74, 6) is 4.44. The van der Waals surface area contributed by atoms with E-state index in [1.165, 1.54) is 6.08 Å². The van der Waals surface area contributed by atoms with Crippen LogP contribution in [0.4, 0.5) is 0 Å². The molecule has 0 bridgehead atoms. The molecule has 0 atom stereocenters. The van der Waals surface area contributed by atoms with Crippen LogP contribution in [0.25, 0.3) is 0 Å². The first-order valence-electron chi connectivity index (χ1n) is 3.83. The molecular weight excluding hydrogens is 158 g/mol. The Morgan fingerprint density at radius 2 is 2.08 bits per heavy atom. The van der Waals surface area contributed by atoms with Gasteiger partial charge in [0.2, 0.25) is 0 Å². The molecule has 0 aromatic carbocycles. The van der Waals surface area contributed by atoms with Crippen LogP contribution in [0.15, 0.2) is 12.0 Å². The average molecular weight is 174 g/mol. The van der Waals surface area contributed by atoms with Crippen molar-refractivity contribution in [2.24, 2.45) is 5.90 Å². The van der Waals surface area contributed by atoms with Crippen molar-refractivity contribution in [3.05, 3.63) is 12.0 Å². The van der Waals surface area contributed by atoms with Gasteiger partial charge in [0.25, 0.3) is 0 Å². The van der Waals surface area contributed by atoms with Crippen LogP contribution in [-0.2, 0) is 9.57 Å². The molecule has 0 saturated heterocycles. The number of nitrogens with two attached hydrogens (primary N) is 1. The van der Waals surface area contributed by atoms with Crippen molar-refractivity contribution in [1.82, 2.24) is 0 Å². The molecule has 0 aromatic heterocycles. The quantitative estimate of drug-likeness (QED) is 0.378. The first kappa shape index (κ1) is 11.3. The number of hydrogen-bond acceptors (Lipinski definition) is 4. The van der Waals surface area contributed by atoms with Crippen molar-refractivity contribution in [2.45, 2.75) is 32.8 Å². The average Bonchev–Trinajstić information content (AvgIpc) is 1.84. The zero-order valence-corrected chi connectivity index (χ0v) is 7.79. The van der Waals surface area contributed by atoms with E-state index in [1.807, 2.05) is 20.8 Å². The fourth-order valence-electron chi connectivity index (χ4n) is 0.588. The van der Waals surface area contributed by atoms with E-state index in [-0.39, 0.29) is 5.95 Å². The monoisotopic (exact) mass is 174 g/mol. The Bertz CT molecular complexity index is 149. The van der Waals surface area contributed by atoms with Gasteiger partial charge >= 0.3 is 0 Å². The van der Waals surface area contributed by atoms with Crippen molar-refractivity contribution in [3.63, 3.8) is 0 Å². The van der Waals surface area contributed by atoms with Gasteiger partial charge in [0.15, 0.2) is 0 Å². The Labute approximate surface area is 72.9 Å². The second-order valence-electron chi connectivity index (χ2n) is 3.40. The summed E-state index contributed by atoms with van der Waals surface area (Å²) in [7, 11) is 0. The largest absolute Gasteiger partial charge is 0.608 e. The van der Waals surface area contributed by atoms with Crippen molar-refractivity contribution in [3.8, 4) is 0 Å². The van der Waals surface area contributed by atoms with Gasteiger partial charge in [-0.05, 0) is 6.42 Å². The van der Waals surface area contributed by atoms with E-state index in [4.69, 9.17) is 10.6 Å². The summed E-state index contributed by atoms with van der Waals surface area (Å²) in [6.07, 6.45) is 1.89. The third-order valence-corrected chi connectivity index (χ3v) is 0.953. The highest BCUT2D eigenvalue weighted by molar-refractivity contribution is 4.82. The topological polar surface area (TPSA) is 67.5 Å². The van der Waals surface area contributed by atoms with Gasteiger partial charge in [-0.2, -0.15) is 0 Å². The molecule has 0 aliphatic heterocycles. The molecule has 0 unspecified atom stereocenters. The maximum Gasteiger partial charge on any atom is 0.0714 e. The van der Waals surface area contributed by atoms with E-state index < -0.39 is 5.60 Å². The normalized spacial score (nSPS) is 13.2. The van der Waals surface area contributed by atoms with Crippen LogP contribution in [0.1, 0.15) is 27.2 Å². The fraction of sp³-hybridized carbons (Fsp3) is 0.750. The highest BCUT2D eigenvalue weighted by atomic mass is 16.6. The summed E-state index contributed by atoms with van der Waals surface area (Å²) in [4.78, 5) is 4.28. The summed E-state index contributed by atoms with van der Waals surface area (Å²) in [5, 5.41) is 11.0. The molecule has 0 spiro atoms. The fourth-order valence-corrected chi connectivity index (χ4v) is 0.588. The lowest BCUT2D eigenvalue weighted by Crippen LogP contribution is -2.23. The van der Waals surface area contributed by atoms with Crippen molar-refractivity contribution >= 4 is 0 Å². The van der Waals surface area contributed by atoms with Gasteiger partial charge in [-0.15, -0.1) is 0 Å². The maximum atomic E-state index is 11.0. The summed E-state index contributed by atoms with van der Waals surface area (Å²) < 4.78 is 4.99. The molecule has 0 saturated carbocycles. The van der Waals surface area contributed by atoms with Gasteiger partial charge in [0.05, 0.1) is 6.61 Å². The molecule has 0 rings (SSSR count). The van der Waals surface area contributed by atoms with Crippen LogP contribution in [0.5, 0.6) is 0 Å². The zero-order valence-electron chi connectivity index (χ0n) is 7.79. The number of rotatable bonds is 4. The van der Waals surface area contributed by atoms with Crippen molar-refractivity contribution < 1.29 is 14.7 Å². The van der Waals surface area contributed by atoms with Crippen molar-refractivity contribution in [1.29, 1.82) is 0 Å². The van der Waals surface area contributed by atoms with Gasteiger partial charge in [-0.1, -0.05) is 26.8 Å². The Balaban J connectivity index is 3.70. The second-order valence-corrected chi connectivity index (χ2v) is 3.40. The lowest BCUT2D eigenvalue weighted by atomic mass is 10.2. The van der Waals surface area contributed by atoms with Crippen LogP contribution < -0.4 is 11.0 Å². The molecule has 72 valence electrons. The lowest BCUT2D eigenvalue weighted by molar-refractivity contribution is -0.369. The third kappa shape index (κ3) is 7.37. The molecule has 2 N–H and O–H groups in total. The van der Waals surface area contributed by atoms with E-state index in [1.54, 1.807) is 0 Å². The summed E-state index contributed by atoms with van der Waals surface area (Å²) in [6.45, 7) is 5.79. The van der Waals surface area contributed by atoms with E-state index >= 15 is 0 Å². The lowest BCUT2D eigenvalue weighted by Gasteiger charge is -2.30. The molecule has 0 aliphatic rings. The Hall–Kier alpha value is -0.740. The molecular formula is C8H16NO3-. The third-order valence-electron chi connectivity index (χ3n) is 0.953. The number of ether oxygens (including phenoxy) is 1. The van der Waals surface area contributed by atoms with Crippen LogP contribution >= 0.6 is 0 Å². The van der Waals surface area contributed by atoms with Gasteiger partial charge < -0.3 is 14.7 Å². The Kier molecular flexibility index (Phi) is 4.70. The minimum Gasteiger partial charge on any atom is -0.608 e. The smallest absolute Gasteiger partial charge is 0.0714 e. The van der Waals surface area contributed by atoms with Crippen molar-refractivity contribution in [2.75, 3.05) is 6.61 Å². The van der Waals surface area contributed by atoms with E-state index in [9.17, 15) is 5.11 Å². The van der Waals surface area contributed by atoms with E-state index in [2.05, 4.69) is 4.84 Å².